The summed E-state index contributed by atoms with van der Waals surface area (Å²) in [6.45, 7) is 16.3. The van der Waals surface area contributed by atoms with E-state index in [0.29, 0.717) is 37.8 Å². The highest BCUT2D eigenvalue weighted by Gasteiger charge is 2.40. The minimum absolute atomic E-state index is 0.00565. The van der Waals surface area contributed by atoms with Crippen molar-refractivity contribution in [1.82, 2.24) is 36.4 Å². The van der Waals surface area contributed by atoms with Gasteiger partial charge in [0.2, 0.25) is 29.5 Å². The summed E-state index contributed by atoms with van der Waals surface area (Å²) in [5.74, 6) is -4.13. The zero-order valence-electron chi connectivity index (χ0n) is 35.5. The number of carbonyl (C=O) groups is 6. The Bertz CT molecular complexity index is 1530. The summed E-state index contributed by atoms with van der Waals surface area (Å²) in [4.78, 5) is 84.7. The van der Waals surface area contributed by atoms with Gasteiger partial charge in [0.15, 0.2) is 5.96 Å². The number of carbonyl (C=O) groups excluding carboxylic acids is 5. The number of phenols is 1. The second kappa shape index (κ2) is 24.1. The predicted octanol–water partition coefficient (Wildman–Crippen LogP) is 1.82. The minimum Gasteiger partial charge on any atom is -0.508 e. The monoisotopic (exact) mass is 816 g/mol. The lowest BCUT2D eigenvalue weighted by Crippen LogP contribution is -2.61. The molecular formula is C41H69N9O8. The predicted molar refractivity (Wildman–Crippen MR) is 222 cm³/mol. The summed E-state index contributed by atoms with van der Waals surface area (Å²) in [5, 5.41) is 40.8. The van der Waals surface area contributed by atoms with E-state index in [1.54, 1.807) is 32.9 Å². The second-order valence-corrected chi connectivity index (χ2v) is 16.5. The summed E-state index contributed by atoms with van der Waals surface area (Å²) < 4.78 is 0. The molecule has 0 aromatic heterocycles. The maximum absolute atomic E-state index is 14.1. The lowest BCUT2D eigenvalue weighted by Gasteiger charge is -2.33. The maximum Gasteiger partial charge on any atom is 0.326 e. The van der Waals surface area contributed by atoms with E-state index in [0.717, 1.165) is 26.1 Å². The smallest absolute Gasteiger partial charge is 0.326 e. The Hall–Kier alpha value is -4.93. The number of carboxylic acid groups (broad SMARTS) is 1. The van der Waals surface area contributed by atoms with E-state index < -0.39 is 65.2 Å². The van der Waals surface area contributed by atoms with Crippen LogP contribution in [0.3, 0.4) is 0 Å². The van der Waals surface area contributed by atoms with E-state index >= 15 is 0 Å². The number of guanidine groups is 1. The van der Waals surface area contributed by atoms with E-state index in [-0.39, 0.29) is 55.8 Å². The number of rotatable bonds is 24. The van der Waals surface area contributed by atoms with Crippen LogP contribution in [0.2, 0.25) is 0 Å². The van der Waals surface area contributed by atoms with Gasteiger partial charge in [-0.2, -0.15) is 0 Å². The van der Waals surface area contributed by atoms with Gasteiger partial charge in [-0.25, -0.2) is 4.79 Å². The third-order valence-corrected chi connectivity index (χ3v) is 10.2. The minimum atomic E-state index is -1.23. The Balaban J connectivity index is 2.32. The van der Waals surface area contributed by atoms with E-state index in [1.165, 1.54) is 17.0 Å². The molecular weight excluding hydrogens is 747 g/mol. The van der Waals surface area contributed by atoms with Crippen LogP contribution in [-0.2, 0) is 35.2 Å². The Morgan fingerprint density at radius 1 is 0.914 bits per heavy atom. The number of aliphatic carboxylic acids is 1. The molecule has 0 aliphatic carbocycles. The number of nitrogens with two attached hydrogens (primary N) is 1. The van der Waals surface area contributed by atoms with Crippen molar-refractivity contribution in [3.63, 3.8) is 0 Å². The molecule has 0 unspecified atom stereocenters. The highest BCUT2D eigenvalue weighted by molar-refractivity contribution is 5.96. The van der Waals surface area contributed by atoms with Crippen molar-refractivity contribution in [2.45, 2.75) is 136 Å². The van der Waals surface area contributed by atoms with Crippen molar-refractivity contribution in [1.29, 1.82) is 5.41 Å². The molecule has 0 spiro atoms. The molecule has 5 atom stereocenters. The number of likely N-dealkylation sites (tertiary alicyclic amines) is 1. The van der Waals surface area contributed by atoms with Crippen LogP contribution in [0.1, 0.15) is 105 Å². The molecule has 10 N–H and O–H groups in total. The highest BCUT2D eigenvalue weighted by atomic mass is 16.4. The number of hydrogen-bond donors (Lipinski definition) is 9. The molecule has 1 aromatic carbocycles. The van der Waals surface area contributed by atoms with Crippen LogP contribution in [0, 0.1) is 16.7 Å². The molecule has 17 nitrogen and oxygen atoms in total. The highest BCUT2D eigenvalue weighted by Crippen LogP contribution is 2.23. The summed E-state index contributed by atoms with van der Waals surface area (Å²) in [6.07, 6.45) is 3.30. The molecule has 5 amide bonds. The molecule has 1 aromatic rings. The van der Waals surface area contributed by atoms with E-state index in [9.17, 15) is 39.0 Å². The van der Waals surface area contributed by atoms with Crippen LogP contribution < -0.4 is 32.3 Å². The molecule has 58 heavy (non-hydrogen) atoms. The largest absolute Gasteiger partial charge is 0.508 e. The van der Waals surface area contributed by atoms with Crippen molar-refractivity contribution < 1.29 is 39.0 Å². The van der Waals surface area contributed by atoms with Crippen molar-refractivity contribution in [2.24, 2.45) is 17.1 Å². The topological polar surface area (TPSA) is 259 Å². The average molecular weight is 816 g/mol. The van der Waals surface area contributed by atoms with Gasteiger partial charge in [-0.3, -0.25) is 29.4 Å². The van der Waals surface area contributed by atoms with E-state index in [1.807, 2.05) is 13.8 Å². The fourth-order valence-corrected chi connectivity index (χ4v) is 6.93. The molecule has 1 aliphatic rings. The SMILES string of the molecule is CCN(CC)CCCCC(=O)N[C@@H](CCCNC(=N)N)C(=O)N1CCC[C@H]1C(=O)N[C@@H](Cc1ccc(O)cc1)C(=O)N[C@H](C(=O)N[C@@H](CC(C)C)C(=O)O)C(C)(C)C. The summed E-state index contributed by atoms with van der Waals surface area (Å²) in [5.41, 5.74) is 5.16. The Morgan fingerprint density at radius 3 is 2.14 bits per heavy atom. The lowest BCUT2D eigenvalue weighted by molar-refractivity contribution is -0.143. The van der Waals surface area contributed by atoms with Crippen molar-refractivity contribution in [3.8, 4) is 5.75 Å². The quantitative estimate of drug-likeness (QED) is 0.0413. The van der Waals surface area contributed by atoms with Crippen LogP contribution in [0.4, 0.5) is 0 Å². The second-order valence-electron chi connectivity index (χ2n) is 16.5. The Kier molecular flexibility index (Phi) is 20.4. The number of benzene rings is 1. The van der Waals surface area contributed by atoms with Crippen LogP contribution in [0.15, 0.2) is 24.3 Å². The number of hydrogen-bond acceptors (Lipinski definition) is 9. The van der Waals surface area contributed by atoms with E-state index in [4.69, 9.17) is 11.1 Å². The fourth-order valence-electron chi connectivity index (χ4n) is 6.93. The van der Waals surface area contributed by atoms with Crippen LogP contribution in [0.5, 0.6) is 5.75 Å². The van der Waals surface area contributed by atoms with Gasteiger partial charge in [0, 0.05) is 25.9 Å². The van der Waals surface area contributed by atoms with Crippen molar-refractivity contribution in [3.05, 3.63) is 29.8 Å². The van der Waals surface area contributed by atoms with Gasteiger partial charge in [-0.1, -0.05) is 60.6 Å². The number of aromatic hydroxyl groups is 1. The normalized spacial score (nSPS) is 16.2. The molecule has 0 bridgehead atoms. The van der Waals surface area contributed by atoms with Gasteiger partial charge in [0.25, 0.3) is 0 Å². The molecule has 1 saturated heterocycles. The first kappa shape index (κ1) is 49.2. The molecule has 2 rings (SSSR count). The lowest BCUT2D eigenvalue weighted by atomic mass is 9.85. The standard InChI is InChI=1S/C41H69N9O8/c1-8-49(9-2)22-11-10-16-33(52)45-29(14-12-21-44-40(42)43)38(56)50-23-13-15-32(50)36(54)46-30(25-27-17-19-28(51)20-18-27)35(53)48-34(41(5,6)7)37(55)47-31(39(57)58)24-26(3)4/h17-20,26,29-32,34,51H,8-16,21-25H2,1-7H3,(H,45,52)(H,46,54)(H,47,55)(H,48,53)(H,57,58)(H4,42,43,44)/t29-,30-,31-,32-,34+/m0/s1. The third-order valence-electron chi connectivity index (χ3n) is 10.2. The van der Waals surface area contributed by atoms with Gasteiger partial charge in [-0.05, 0) is 93.6 Å². The van der Waals surface area contributed by atoms with Gasteiger partial charge in [0.05, 0.1) is 0 Å². The number of unbranched alkanes of at least 4 members (excludes halogenated alkanes) is 1. The maximum atomic E-state index is 14.1. The van der Waals surface area contributed by atoms with Crippen LogP contribution in [-0.4, -0.2) is 124 Å². The molecule has 0 radical (unpaired) electrons. The fraction of sp³-hybridized carbons (Fsp3) is 0.683. The molecule has 1 fully saturated rings. The number of nitrogens with one attached hydrogen (secondary N) is 6. The molecule has 1 aliphatic heterocycles. The van der Waals surface area contributed by atoms with Crippen LogP contribution >= 0.6 is 0 Å². The molecule has 0 saturated carbocycles. The zero-order chi connectivity index (χ0) is 43.6. The number of carboxylic acids is 1. The summed E-state index contributed by atoms with van der Waals surface area (Å²) in [6, 6.07) is 0.599. The summed E-state index contributed by atoms with van der Waals surface area (Å²) >= 11 is 0. The third kappa shape index (κ3) is 16.9. The summed E-state index contributed by atoms with van der Waals surface area (Å²) in [7, 11) is 0. The van der Waals surface area contributed by atoms with Crippen molar-refractivity contribution >= 4 is 41.5 Å². The van der Waals surface area contributed by atoms with E-state index in [2.05, 4.69) is 45.3 Å². The Morgan fingerprint density at radius 2 is 1.57 bits per heavy atom. The first-order valence-corrected chi connectivity index (χ1v) is 20.6. The molecule has 1 heterocycles. The molecule has 326 valence electrons. The van der Waals surface area contributed by atoms with Gasteiger partial charge >= 0.3 is 5.97 Å². The number of amides is 5. The first-order chi connectivity index (χ1) is 27.3. The van der Waals surface area contributed by atoms with Crippen molar-refractivity contribution in [2.75, 3.05) is 32.7 Å². The van der Waals surface area contributed by atoms with Gasteiger partial charge in [0.1, 0.15) is 36.0 Å². The van der Waals surface area contributed by atoms with Crippen LogP contribution in [0.25, 0.3) is 0 Å². The number of nitrogens with zero attached hydrogens (tertiary/aromatic N) is 2. The first-order valence-electron chi connectivity index (χ1n) is 20.6. The van der Waals surface area contributed by atoms with Gasteiger partial charge < -0.3 is 52.3 Å². The Labute approximate surface area is 343 Å². The zero-order valence-corrected chi connectivity index (χ0v) is 35.5. The average Bonchev–Trinajstić information content (AvgIpc) is 3.64. The van der Waals surface area contributed by atoms with Gasteiger partial charge in [-0.15, -0.1) is 0 Å². The molecule has 17 heteroatoms. The number of phenolic OH excluding ortho intramolecular Hbond substituents is 1.